The molecular weight excluding hydrogens is 328 g/mol. The van der Waals surface area contributed by atoms with Gasteiger partial charge in [-0.05, 0) is 18.6 Å². The maximum absolute atomic E-state index is 11.9. The number of carbonyl (C=O) groups is 1. The molecule has 7 heteroatoms. The largest absolute Gasteiger partial charge is 0.461 e. The van der Waals surface area contributed by atoms with Crippen LogP contribution in [0.5, 0.6) is 0 Å². The highest BCUT2D eigenvalue weighted by molar-refractivity contribution is 6.17. The van der Waals surface area contributed by atoms with Gasteiger partial charge in [0.2, 0.25) is 0 Å². The number of rotatable bonds is 5. The van der Waals surface area contributed by atoms with Gasteiger partial charge in [0.15, 0.2) is 5.69 Å². The summed E-state index contributed by atoms with van der Waals surface area (Å²) in [5, 5.41) is 10.4. The van der Waals surface area contributed by atoms with E-state index in [0.717, 1.165) is 22.4 Å². The van der Waals surface area contributed by atoms with Crippen LogP contribution in [-0.2, 0) is 10.6 Å². The van der Waals surface area contributed by atoms with Crippen molar-refractivity contribution in [2.45, 2.75) is 12.8 Å². The highest BCUT2D eigenvalue weighted by atomic mass is 35.5. The predicted molar refractivity (Wildman–Crippen MR) is 90.6 cm³/mol. The molecule has 0 fully saturated rings. The van der Waals surface area contributed by atoms with Crippen LogP contribution in [0, 0.1) is 0 Å². The number of benzene rings is 1. The van der Waals surface area contributed by atoms with Crippen molar-refractivity contribution in [1.82, 2.24) is 20.4 Å². The average Bonchev–Trinajstić information content (AvgIpc) is 3.12. The van der Waals surface area contributed by atoms with E-state index in [1.807, 2.05) is 36.4 Å². The van der Waals surface area contributed by atoms with Crippen LogP contribution in [0.1, 0.15) is 23.0 Å². The third-order valence-electron chi connectivity index (χ3n) is 3.45. The summed E-state index contributed by atoms with van der Waals surface area (Å²) in [7, 11) is 0. The maximum atomic E-state index is 11.9. The van der Waals surface area contributed by atoms with Crippen molar-refractivity contribution in [3.8, 4) is 22.5 Å². The van der Waals surface area contributed by atoms with Crippen LogP contribution in [0.3, 0.4) is 0 Å². The summed E-state index contributed by atoms with van der Waals surface area (Å²) < 4.78 is 4.98. The quantitative estimate of drug-likeness (QED) is 0.567. The summed E-state index contributed by atoms with van der Waals surface area (Å²) in [5.74, 6) is -0.0571. The first-order valence-electron chi connectivity index (χ1n) is 7.42. The molecule has 0 bridgehead atoms. The Morgan fingerprint density at radius 3 is 2.50 bits per heavy atom. The molecule has 0 radical (unpaired) electrons. The van der Waals surface area contributed by atoms with Crippen LogP contribution in [-0.4, -0.2) is 33.0 Å². The van der Waals surface area contributed by atoms with E-state index >= 15 is 0 Å². The number of carbonyl (C=O) groups excluding carboxylic acids is 1. The fraction of sp³-hybridized carbons (Fsp3) is 0.176. The van der Waals surface area contributed by atoms with Crippen molar-refractivity contribution in [3.63, 3.8) is 0 Å². The molecule has 24 heavy (non-hydrogen) atoms. The molecule has 0 aliphatic carbocycles. The Kier molecular flexibility index (Phi) is 4.86. The minimum Gasteiger partial charge on any atom is -0.461 e. The number of hydrogen-bond acceptors (Lipinski definition) is 5. The highest BCUT2D eigenvalue weighted by Crippen LogP contribution is 2.24. The van der Waals surface area contributed by atoms with Crippen LogP contribution >= 0.6 is 11.6 Å². The third kappa shape index (κ3) is 3.28. The molecule has 0 unspecified atom stereocenters. The lowest BCUT2D eigenvalue weighted by atomic mass is 10.1. The molecule has 3 aromatic rings. The van der Waals surface area contributed by atoms with Gasteiger partial charge < -0.3 is 4.74 Å². The van der Waals surface area contributed by atoms with Crippen LogP contribution in [0.25, 0.3) is 22.5 Å². The summed E-state index contributed by atoms with van der Waals surface area (Å²) in [6.07, 6.45) is 1.76. The number of halogens is 1. The summed E-state index contributed by atoms with van der Waals surface area (Å²) in [6, 6.07) is 11.4. The van der Waals surface area contributed by atoms with Crippen molar-refractivity contribution in [2.75, 3.05) is 6.61 Å². The Morgan fingerprint density at radius 2 is 1.88 bits per heavy atom. The fourth-order valence-electron chi connectivity index (χ4n) is 2.25. The molecule has 122 valence electrons. The topological polar surface area (TPSA) is 80.8 Å². The van der Waals surface area contributed by atoms with Gasteiger partial charge in [-0.3, -0.25) is 4.98 Å². The van der Waals surface area contributed by atoms with Crippen molar-refractivity contribution in [3.05, 3.63) is 53.9 Å². The molecule has 0 amide bonds. The standard InChI is InChI=1S/C17H15ClN4O2/c1-2-24-17(23)16-15(20-22-21-16)13-6-4-12(5-7-13)14-8-3-11(9-18)10-19-14/h3-8,10H,2,9H2,1H3,(H,20,21,22). The van der Waals surface area contributed by atoms with Crippen molar-refractivity contribution in [2.24, 2.45) is 0 Å². The zero-order valence-corrected chi connectivity index (χ0v) is 13.7. The van der Waals surface area contributed by atoms with Crippen LogP contribution in [0.2, 0.25) is 0 Å². The molecule has 0 aliphatic rings. The number of hydrogen-bond donors (Lipinski definition) is 1. The SMILES string of the molecule is CCOC(=O)c1n[nH]nc1-c1ccc(-c2ccc(CCl)cn2)cc1. The summed E-state index contributed by atoms with van der Waals surface area (Å²) in [6.45, 7) is 2.03. The van der Waals surface area contributed by atoms with E-state index in [1.54, 1.807) is 13.1 Å². The molecule has 6 nitrogen and oxygen atoms in total. The van der Waals surface area contributed by atoms with E-state index in [-0.39, 0.29) is 12.3 Å². The molecule has 0 spiro atoms. The van der Waals surface area contributed by atoms with Crippen molar-refractivity contribution in [1.29, 1.82) is 0 Å². The smallest absolute Gasteiger partial charge is 0.361 e. The Labute approximate surface area is 143 Å². The van der Waals surface area contributed by atoms with Gasteiger partial charge in [-0.15, -0.1) is 16.7 Å². The van der Waals surface area contributed by atoms with Gasteiger partial charge in [0, 0.05) is 23.2 Å². The Hall–Kier alpha value is -2.73. The lowest BCUT2D eigenvalue weighted by Crippen LogP contribution is -2.06. The lowest BCUT2D eigenvalue weighted by molar-refractivity contribution is 0.0520. The second-order valence-electron chi connectivity index (χ2n) is 5.00. The van der Waals surface area contributed by atoms with Gasteiger partial charge in [0.1, 0.15) is 5.69 Å². The van der Waals surface area contributed by atoms with E-state index < -0.39 is 5.97 Å². The Balaban J connectivity index is 1.87. The number of alkyl halides is 1. The van der Waals surface area contributed by atoms with Crippen LogP contribution in [0.15, 0.2) is 42.6 Å². The highest BCUT2D eigenvalue weighted by Gasteiger charge is 2.18. The van der Waals surface area contributed by atoms with Gasteiger partial charge >= 0.3 is 5.97 Å². The van der Waals surface area contributed by atoms with Gasteiger partial charge in [-0.25, -0.2) is 4.79 Å². The van der Waals surface area contributed by atoms with Gasteiger partial charge in [0.05, 0.1) is 12.3 Å². The van der Waals surface area contributed by atoms with Crippen LogP contribution in [0.4, 0.5) is 0 Å². The zero-order valence-electron chi connectivity index (χ0n) is 13.0. The van der Waals surface area contributed by atoms with Gasteiger partial charge in [0.25, 0.3) is 0 Å². The molecule has 1 N–H and O–H groups in total. The minimum absolute atomic E-state index is 0.175. The molecule has 0 atom stereocenters. The van der Waals surface area contributed by atoms with E-state index in [4.69, 9.17) is 16.3 Å². The molecule has 0 saturated carbocycles. The maximum Gasteiger partial charge on any atom is 0.361 e. The number of aromatic nitrogens is 4. The predicted octanol–water partition coefficient (Wildman–Crippen LogP) is 3.45. The number of nitrogens with zero attached hydrogens (tertiary/aromatic N) is 3. The number of esters is 1. The number of H-pyrrole nitrogens is 1. The van der Waals surface area contributed by atoms with Crippen molar-refractivity contribution >= 4 is 17.6 Å². The molecular formula is C17H15ClN4O2. The molecule has 3 rings (SSSR count). The van der Waals surface area contributed by atoms with Gasteiger partial charge in [-0.2, -0.15) is 10.3 Å². The monoisotopic (exact) mass is 342 g/mol. The first-order chi connectivity index (χ1) is 11.7. The van der Waals surface area contributed by atoms with Crippen molar-refractivity contribution < 1.29 is 9.53 Å². The number of pyridine rings is 1. The Morgan fingerprint density at radius 1 is 1.12 bits per heavy atom. The third-order valence-corrected chi connectivity index (χ3v) is 3.76. The Bertz CT molecular complexity index is 829. The van der Waals surface area contributed by atoms with E-state index in [0.29, 0.717) is 11.6 Å². The van der Waals surface area contributed by atoms with E-state index in [1.165, 1.54) is 0 Å². The van der Waals surface area contributed by atoms with Crippen LogP contribution < -0.4 is 0 Å². The molecule has 0 saturated heterocycles. The first kappa shape index (κ1) is 16.1. The second-order valence-corrected chi connectivity index (χ2v) is 5.27. The first-order valence-corrected chi connectivity index (χ1v) is 7.96. The summed E-state index contributed by atoms with van der Waals surface area (Å²) in [5.41, 5.74) is 4.19. The summed E-state index contributed by atoms with van der Waals surface area (Å²) >= 11 is 5.77. The minimum atomic E-state index is -0.497. The average molecular weight is 343 g/mol. The van der Waals surface area contributed by atoms with E-state index in [9.17, 15) is 4.79 Å². The van der Waals surface area contributed by atoms with E-state index in [2.05, 4.69) is 20.4 Å². The fourth-order valence-corrected chi connectivity index (χ4v) is 2.41. The number of ether oxygens (including phenoxy) is 1. The number of nitrogens with one attached hydrogen (secondary N) is 1. The van der Waals surface area contributed by atoms with Gasteiger partial charge in [-0.1, -0.05) is 30.3 Å². The number of aromatic amines is 1. The summed E-state index contributed by atoms with van der Waals surface area (Å²) in [4.78, 5) is 16.3. The molecule has 2 aromatic heterocycles. The molecule has 2 heterocycles. The molecule has 0 aliphatic heterocycles. The zero-order chi connectivity index (χ0) is 16.9. The normalized spacial score (nSPS) is 10.6. The lowest BCUT2D eigenvalue weighted by Gasteiger charge is -2.04. The second kappa shape index (κ2) is 7.23. The molecule has 1 aromatic carbocycles.